The number of nitrogens with zero attached hydrogens (tertiary/aromatic N) is 2. The number of ether oxygens (including phenoxy) is 1. The molecular formula is C22H14ClN3O. The van der Waals surface area contributed by atoms with Crippen LogP contribution in [0.3, 0.4) is 0 Å². The van der Waals surface area contributed by atoms with Crippen molar-refractivity contribution in [3.8, 4) is 17.6 Å². The molecule has 3 aromatic carbocycles. The molecule has 5 heteroatoms. The molecule has 1 heterocycles. The minimum atomic E-state index is 0.407. The second-order valence-corrected chi connectivity index (χ2v) is 6.28. The summed E-state index contributed by atoms with van der Waals surface area (Å²) < 4.78 is 5.78. The smallest absolute Gasteiger partial charge is 0.149 e. The van der Waals surface area contributed by atoms with E-state index in [9.17, 15) is 5.26 Å². The van der Waals surface area contributed by atoms with E-state index in [0.29, 0.717) is 27.7 Å². The van der Waals surface area contributed by atoms with Crippen LogP contribution >= 0.6 is 11.6 Å². The van der Waals surface area contributed by atoms with E-state index in [0.717, 1.165) is 16.8 Å². The monoisotopic (exact) mass is 371 g/mol. The van der Waals surface area contributed by atoms with Crippen LogP contribution in [0.2, 0.25) is 5.02 Å². The third-order valence-corrected chi connectivity index (χ3v) is 4.34. The Kier molecular flexibility index (Phi) is 4.61. The predicted octanol–water partition coefficient (Wildman–Crippen LogP) is 6.07. The molecule has 4 aromatic rings. The van der Waals surface area contributed by atoms with Crippen molar-refractivity contribution in [2.24, 2.45) is 0 Å². The molecule has 4 nitrogen and oxygen atoms in total. The number of imidazole rings is 1. The van der Waals surface area contributed by atoms with Crippen LogP contribution in [0.25, 0.3) is 22.7 Å². The summed E-state index contributed by atoms with van der Waals surface area (Å²) in [5, 5.41) is 10.1. The lowest BCUT2D eigenvalue weighted by atomic mass is 10.1. The number of rotatable bonds is 4. The standard InChI is InChI=1S/C22H14ClN3O/c23-19-13-18(27-17-6-2-1-3-7-17)11-10-15(19)12-16(14-24)22-25-20-8-4-5-9-21(20)26-22/h1-13H,(H,25,26). The van der Waals surface area contributed by atoms with Gasteiger partial charge in [0.1, 0.15) is 23.4 Å². The molecule has 0 unspecified atom stereocenters. The lowest BCUT2D eigenvalue weighted by Crippen LogP contribution is -1.87. The van der Waals surface area contributed by atoms with Crippen molar-refractivity contribution < 1.29 is 4.74 Å². The molecule has 0 aliphatic heterocycles. The Labute approximate surface area is 161 Å². The van der Waals surface area contributed by atoms with Crippen LogP contribution < -0.4 is 4.74 Å². The zero-order valence-corrected chi connectivity index (χ0v) is 14.9. The molecule has 27 heavy (non-hydrogen) atoms. The second kappa shape index (κ2) is 7.36. The number of aromatic nitrogens is 2. The average molecular weight is 372 g/mol. The molecule has 0 bridgehead atoms. The maximum absolute atomic E-state index is 9.56. The minimum Gasteiger partial charge on any atom is -0.457 e. The van der Waals surface area contributed by atoms with Gasteiger partial charge in [0.15, 0.2) is 0 Å². The predicted molar refractivity (Wildman–Crippen MR) is 108 cm³/mol. The lowest BCUT2D eigenvalue weighted by Gasteiger charge is -2.07. The fourth-order valence-electron chi connectivity index (χ4n) is 2.70. The fourth-order valence-corrected chi connectivity index (χ4v) is 2.93. The van der Waals surface area contributed by atoms with Crippen LogP contribution in [0, 0.1) is 11.3 Å². The number of fused-ring (bicyclic) bond motifs is 1. The quantitative estimate of drug-likeness (QED) is 0.442. The highest BCUT2D eigenvalue weighted by Crippen LogP contribution is 2.29. The molecule has 0 aliphatic carbocycles. The summed E-state index contributed by atoms with van der Waals surface area (Å²) >= 11 is 6.40. The third kappa shape index (κ3) is 3.69. The molecule has 0 spiro atoms. The zero-order chi connectivity index (χ0) is 18.6. The van der Waals surface area contributed by atoms with Crippen LogP contribution in [-0.4, -0.2) is 9.97 Å². The normalized spacial score (nSPS) is 11.3. The van der Waals surface area contributed by atoms with Crippen molar-refractivity contribution in [1.82, 2.24) is 9.97 Å². The van der Waals surface area contributed by atoms with Crippen LogP contribution in [-0.2, 0) is 0 Å². The number of hydrogen-bond acceptors (Lipinski definition) is 3. The van der Waals surface area contributed by atoms with Gasteiger partial charge in [-0.25, -0.2) is 4.98 Å². The Balaban J connectivity index is 1.64. The molecule has 0 aliphatic rings. The first kappa shape index (κ1) is 16.9. The number of nitriles is 1. The van der Waals surface area contributed by atoms with E-state index in [1.807, 2.05) is 66.7 Å². The Hall–Kier alpha value is -3.55. The van der Waals surface area contributed by atoms with Gasteiger partial charge in [-0.05, 0) is 54.1 Å². The number of hydrogen-bond donors (Lipinski definition) is 1. The molecule has 1 N–H and O–H groups in total. The van der Waals surface area contributed by atoms with Crippen LogP contribution in [0.15, 0.2) is 72.8 Å². The van der Waals surface area contributed by atoms with Crippen molar-refractivity contribution in [2.45, 2.75) is 0 Å². The molecule has 130 valence electrons. The van der Waals surface area contributed by atoms with Gasteiger partial charge < -0.3 is 9.72 Å². The van der Waals surface area contributed by atoms with E-state index >= 15 is 0 Å². The van der Waals surface area contributed by atoms with Crippen LogP contribution in [0.5, 0.6) is 11.5 Å². The number of nitrogens with one attached hydrogen (secondary N) is 1. The van der Waals surface area contributed by atoms with Gasteiger partial charge in [0.05, 0.1) is 21.6 Å². The number of para-hydroxylation sites is 3. The van der Waals surface area contributed by atoms with Crippen molar-refractivity contribution in [1.29, 1.82) is 5.26 Å². The zero-order valence-electron chi connectivity index (χ0n) is 14.2. The van der Waals surface area contributed by atoms with Crippen molar-refractivity contribution >= 4 is 34.3 Å². The van der Waals surface area contributed by atoms with Gasteiger partial charge in [-0.15, -0.1) is 0 Å². The van der Waals surface area contributed by atoms with Gasteiger partial charge in [-0.2, -0.15) is 5.26 Å². The van der Waals surface area contributed by atoms with E-state index in [1.54, 1.807) is 12.1 Å². The largest absolute Gasteiger partial charge is 0.457 e. The molecule has 0 saturated heterocycles. The maximum atomic E-state index is 9.56. The molecule has 1 aromatic heterocycles. The maximum Gasteiger partial charge on any atom is 0.149 e. The first-order chi connectivity index (χ1) is 13.2. The average Bonchev–Trinajstić information content (AvgIpc) is 3.12. The molecule has 0 radical (unpaired) electrons. The first-order valence-corrected chi connectivity index (χ1v) is 8.70. The Morgan fingerprint density at radius 2 is 1.78 bits per heavy atom. The molecule has 0 atom stereocenters. The summed E-state index contributed by atoms with van der Waals surface area (Å²) in [5.74, 6) is 1.88. The second-order valence-electron chi connectivity index (χ2n) is 5.87. The number of benzene rings is 3. The molecule has 4 rings (SSSR count). The SMILES string of the molecule is N#CC(=Cc1ccc(Oc2ccccc2)cc1Cl)c1nc2ccccc2[nH]1. The third-order valence-electron chi connectivity index (χ3n) is 4.02. The summed E-state index contributed by atoms with van der Waals surface area (Å²) in [6, 6.07) is 24.7. The summed E-state index contributed by atoms with van der Waals surface area (Å²) in [4.78, 5) is 7.63. The van der Waals surface area contributed by atoms with Gasteiger partial charge in [0, 0.05) is 0 Å². The Morgan fingerprint density at radius 3 is 2.52 bits per heavy atom. The van der Waals surface area contributed by atoms with E-state index < -0.39 is 0 Å². The highest BCUT2D eigenvalue weighted by Gasteiger charge is 2.09. The van der Waals surface area contributed by atoms with E-state index in [-0.39, 0.29) is 0 Å². The van der Waals surface area contributed by atoms with Crippen LogP contribution in [0.4, 0.5) is 0 Å². The van der Waals surface area contributed by atoms with Gasteiger partial charge in [-0.3, -0.25) is 0 Å². The highest BCUT2D eigenvalue weighted by atomic mass is 35.5. The van der Waals surface area contributed by atoms with Crippen molar-refractivity contribution in [3.63, 3.8) is 0 Å². The Morgan fingerprint density at radius 1 is 1.00 bits per heavy atom. The molecule has 0 saturated carbocycles. The van der Waals surface area contributed by atoms with Crippen molar-refractivity contribution in [2.75, 3.05) is 0 Å². The lowest BCUT2D eigenvalue weighted by molar-refractivity contribution is 0.482. The summed E-state index contributed by atoms with van der Waals surface area (Å²) in [6.07, 6.45) is 1.71. The van der Waals surface area contributed by atoms with E-state index in [1.165, 1.54) is 0 Å². The van der Waals surface area contributed by atoms with Gasteiger partial charge in [-0.1, -0.05) is 41.9 Å². The summed E-state index contributed by atoms with van der Waals surface area (Å²) in [7, 11) is 0. The van der Waals surface area contributed by atoms with Gasteiger partial charge in [0.25, 0.3) is 0 Å². The molecular weight excluding hydrogens is 358 g/mol. The summed E-state index contributed by atoms with van der Waals surface area (Å²) in [6.45, 7) is 0. The molecule has 0 amide bonds. The van der Waals surface area contributed by atoms with Crippen molar-refractivity contribution in [3.05, 3.63) is 89.2 Å². The number of H-pyrrole nitrogens is 1. The Bertz CT molecular complexity index is 1140. The van der Waals surface area contributed by atoms with E-state index in [4.69, 9.17) is 16.3 Å². The highest BCUT2D eigenvalue weighted by molar-refractivity contribution is 6.32. The summed E-state index contributed by atoms with van der Waals surface area (Å²) in [5.41, 5.74) is 2.82. The van der Waals surface area contributed by atoms with Gasteiger partial charge in [0.2, 0.25) is 0 Å². The number of halogens is 1. The number of allylic oxidation sites excluding steroid dienone is 1. The van der Waals surface area contributed by atoms with Crippen LogP contribution in [0.1, 0.15) is 11.4 Å². The number of aromatic amines is 1. The first-order valence-electron chi connectivity index (χ1n) is 8.32. The van der Waals surface area contributed by atoms with Gasteiger partial charge >= 0.3 is 0 Å². The minimum absolute atomic E-state index is 0.407. The topological polar surface area (TPSA) is 61.7 Å². The molecule has 0 fully saturated rings. The van der Waals surface area contributed by atoms with E-state index in [2.05, 4.69) is 16.0 Å². The fraction of sp³-hybridized carbons (Fsp3) is 0.